The lowest BCUT2D eigenvalue weighted by atomic mass is 9.91. The molecule has 2 aliphatic heterocycles. The number of rotatable bonds is 2. The first-order valence-electron chi connectivity index (χ1n) is 8.02. The van der Waals surface area contributed by atoms with E-state index in [9.17, 15) is 9.59 Å². The van der Waals surface area contributed by atoms with E-state index >= 15 is 0 Å². The molecule has 1 saturated carbocycles. The fraction of sp³-hybridized carbons (Fsp3) is 0.444. The number of nitrogens with zero attached hydrogens (tertiary/aromatic N) is 1. The van der Waals surface area contributed by atoms with Crippen LogP contribution in [-0.2, 0) is 4.74 Å². The van der Waals surface area contributed by atoms with Crippen molar-refractivity contribution in [3.63, 3.8) is 0 Å². The predicted molar refractivity (Wildman–Crippen MR) is 81.9 cm³/mol. The summed E-state index contributed by atoms with van der Waals surface area (Å²) in [6, 6.07) is 5.43. The molecule has 1 aromatic rings. The number of carbonyl (C=O) groups is 2. The topological polar surface area (TPSA) is 46.6 Å². The second kappa shape index (κ2) is 5.36. The summed E-state index contributed by atoms with van der Waals surface area (Å²) in [7, 11) is 0. The Morgan fingerprint density at radius 1 is 1.09 bits per heavy atom. The summed E-state index contributed by atoms with van der Waals surface area (Å²) in [6.45, 7) is 0.938. The van der Waals surface area contributed by atoms with Crippen LogP contribution in [0.4, 0.5) is 0 Å². The number of carbonyl (C=O) groups excluding carboxylic acids is 2. The van der Waals surface area contributed by atoms with Gasteiger partial charge in [0.1, 0.15) is 0 Å². The predicted octanol–water partition coefficient (Wildman–Crippen LogP) is 2.90. The van der Waals surface area contributed by atoms with Crippen LogP contribution in [0, 0.1) is 0 Å². The van der Waals surface area contributed by atoms with Crippen LogP contribution in [0.25, 0.3) is 0 Å². The van der Waals surface area contributed by atoms with Crippen LogP contribution in [0.1, 0.15) is 57.9 Å². The van der Waals surface area contributed by atoms with Crippen molar-refractivity contribution in [1.82, 2.24) is 4.90 Å². The molecule has 0 bridgehead atoms. The van der Waals surface area contributed by atoms with Crippen molar-refractivity contribution < 1.29 is 14.3 Å². The lowest BCUT2D eigenvalue weighted by Crippen LogP contribution is -2.42. The molecule has 1 aromatic carbocycles. The van der Waals surface area contributed by atoms with Crippen LogP contribution in [0.5, 0.6) is 0 Å². The number of amides is 2. The smallest absolute Gasteiger partial charge is 0.262 e. The Morgan fingerprint density at radius 2 is 1.91 bits per heavy atom. The Hall–Kier alpha value is -1.94. The van der Waals surface area contributed by atoms with Crippen molar-refractivity contribution in [3.05, 3.63) is 47.0 Å². The average molecular weight is 297 g/mol. The van der Waals surface area contributed by atoms with Crippen molar-refractivity contribution in [2.24, 2.45) is 0 Å². The summed E-state index contributed by atoms with van der Waals surface area (Å²) in [5.41, 5.74) is 2.27. The van der Waals surface area contributed by atoms with Crippen LogP contribution in [0.15, 0.2) is 30.4 Å². The van der Waals surface area contributed by atoms with E-state index in [2.05, 4.69) is 0 Å². The van der Waals surface area contributed by atoms with Crippen LogP contribution in [0.2, 0.25) is 0 Å². The van der Waals surface area contributed by atoms with Gasteiger partial charge in [0.2, 0.25) is 0 Å². The Bertz CT molecular complexity index is 658. The highest BCUT2D eigenvalue weighted by molar-refractivity contribution is 6.22. The van der Waals surface area contributed by atoms with E-state index in [4.69, 9.17) is 4.74 Å². The Balaban J connectivity index is 1.75. The lowest BCUT2D eigenvalue weighted by molar-refractivity contribution is 0.0475. The van der Waals surface area contributed by atoms with Gasteiger partial charge >= 0.3 is 0 Å². The number of hydrogen-bond acceptors (Lipinski definition) is 3. The first-order valence-corrected chi connectivity index (χ1v) is 8.02. The van der Waals surface area contributed by atoms with Crippen molar-refractivity contribution in [2.75, 3.05) is 13.2 Å². The minimum absolute atomic E-state index is 0.150. The fourth-order valence-electron chi connectivity index (χ4n) is 3.89. The average Bonchev–Trinajstić information content (AvgIpc) is 3.16. The molecule has 0 N–H and O–H groups in total. The molecule has 1 aliphatic carbocycles. The molecule has 0 aromatic heterocycles. The quantitative estimate of drug-likeness (QED) is 0.623. The second-order valence-electron chi connectivity index (χ2n) is 6.26. The number of benzene rings is 1. The Labute approximate surface area is 129 Å². The molecule has 0 radical (unpaired) electrons. The third kappa shape index (κ3) is 2.02. The SMILES string of the molecule is O=C1c2cccc(C3CCCC3)c2C(=O)N1C1C=CCOC1. The zero-order valence-corrected chi connectivity index (χ0v) is 12.5. The largest absolute Gasteiger partial charge is 0.375 e. The lowest BCUT2D eigenvalue weighted by Gasteiger charge is -2.25. The maximum Gasteiger partial charge on any atom is 0.262 e. The summed E-state index contributed by atoms with van der Waals surface area (Å²) >= 11 is 0. The molecule has 4 heteroatoms. The van der Waals surface area contributed by atoms with Crippen molar-refractivity contribution in [2.45, 2.75) is 37.6 Å². The molecule has 2 heterocycles. The van der Waals surface area contributed by atoms with Crippen molar-refractivity contribution in [3.8, 4) is 0 Å². The highest BCUT2D eigenvalue weighted by Crippen LogP contribution is 2.39. The summed E-state index contributed by atoms with van der Waals surface area (Å²) < 4.78 is 5.39. The third-order valence-corrected chi connectivity index (χ3v) is 4.97. The van der Waals surface area contributed by atoms with Gasteiger partial charge in [-0.05, 0) is 30.4 Å². The maximum absolute atomic E-state index is 12.9. The van der Waals surface area contributed by atoms with Crippen molar-refractivity contribution in [1.29, 1.82) is 0 Å². The van der Waals surface area contributed by atoms with E-state index in [-0.39, 0.29) is 17.9 Å². The van der Waals surface area contributed by atoms with Crippen LogP contribution < -0.4 is 0 Å². The molecular formula is C18H19NO3. The van der Waals surface area contributed by atoms with Gasteiger partial charge in [0.25, 0.3) is 11.8 Å². The zero-order chi connectivity index (χ0) is 15.1. The maximum atomic E-state index is 12.9. The molecule has 0 spiro atoms. The van der Waals surface area contributed by atoms with Crippen molar-refractivity contribution >= 4 is 11.8 Å². The van der Waals surface area contributed by atoms with E-state index in [1.165, 1.54) is 17.7 Å². The second-order valence-corrected chi connectivity index (χ2v) is 6.26. The highest BCUT2D eigenvalue weighted by Gasteiger charge is 2.42. The van der Waals surface area contributed by atoms with Gasteiger partial charge < -0.3 is 4.74 Å². The Morgan fingerprint density at radius 3 is 2.64 bits per heavy atom. The number of hydrogen-bond donors (Lipinski definition) is 0. The summed E-state index contributed by atoms with van der Waals surface area (Å²) in [6.07, 6.45) is 8.42. The first-order chi connectivity index (χ1) is 10.8. The highest BCUT2D eigenvalue weighted by atomic mass is 16.5. The molecule has 0 saturated heterocycles. The molecule has 114 valence electrons. The molecule has 1 atom stereocenters. The van der Waals surface area contributed by atoms with Gasteiger partial charge in [-0.3, -0.25) is 14.5 Å². The Kier molecular flexibility index (Phi) is 3.34. The van der Waals surface area contributed by atoms with E-state index in [0.29, 0.717) is 30.3 Å². The minimum atomic E-state index is -0.280. The first kappa shape index (κ1) is 13.7. The van der Waals surface area contributed by atoms with Gasteiger partial charge in [0.15, 0.2) is 0 Å². The molecule has 22 heavy (non-hydrogen) atoms. The molecule has 4 rings (SSSR count). The summed E-state index contributed by atoms with van der Waals surface area (Å²) in [5.74, 6) is 0.0902. The van der Waals surface area contributed by atoms with Gasteiger partial charge in [0, 0.05) is 0 Å². The zero-order valence-electron chi connectivity index (χ0n) is 12.5. The van der Waals surface area contributed by atoms with Gasteiger partial charge in [-0.1, -0.05) is 37.1 Å². The standard InChI is InChI=1S/C18H19NO3/c20-17-15-9-3-8-14(12-5-1-2-6-12)16(15)18(21)19(17)13-7-4-10-22-11-13/h3-4,7-9,12-13H,1-2,5-6,10-11H2. The minimum Gasteiger partial charge on any atom is -0.375 e. The van der Waals surface area contributed by atoms with E-state index in [1.807, 2.05) is 24.3 Å². The van der Waals surface area contributed by atoms with Gasteiger partial charge in [0.05, 0.1) is 30.4 Å². The number of imide groups is 1. The number of ether oxygens (including phenoxy) is 1. The molecule has 1 fully saturated rings. The van der Waals surface area contributed by atoms with Gasteiger partial charge in [-0.2, -0.15) is 0 Å². The van der Waals surface area contributed by atoms with E-state index in [1.54, 1.807) is 6.07 Å². The van der Waals surface area contributed by atoms with Gasteiger partial charge in [-0.15, -0.1) is 0 Å². The summed E-state index contributed by atoms with van der Waals surface area (Å²) in [4.78, 5) is 27.0. The number of fused-ring (bicyclic) bond motifs is 1. The third-order valence-electron chi connectivity index (χ3n) is 4.97. The fourth-order valence-corrected chi connectivity index (χ4v) is 3.89. The monoisotopic (exact) mass is 297 g/mol. The van der Waals surface area contributed by atoms with E-state index < -0.39 is 0 Å². The molecular weight excluding hydrogens is 278 g/mol. The molecule has 4 nitrogen and oxygen atoms in total. The molecule has 3 aliphatic rings. The van der Waals surface area contributed by atoms with E-state index in [0.717, 1.165) is 18.4 Å². The molecule has 2 amide bonds. The van der Waals surface area contributed by atoms with Crippen LogP contribution in [-0.4, -0.2) is 36.0 Å². The molecule has 1 unspecified atom stereocenters. The van der Waals surface area contributed by atoms with Gasteiger partial charge in [-0.25, -0.2) is 0 Å². The normalized spacial score (nSPS) is 25.1. The summed E-state index contributed by atoms with van der Waals surface area (Å²) in [5, 5.41) is 0. The van der Waals surface area contributed by atoms with Crippen LogP contribution in [0.3, 0.4) is 0 Å². The van der Waals surface area contributed by atoms with Crippen LogP contribution >= 0.6 is 0 Å².